The van der Waals surface area contributed by atoms with Crippen molar-refractivity contribution < 1.29 is 21.6 Å². The van der Waals surface area contributed by atoms with Crippen LogP contribution in [0.25, 0.3) is 28.4 Å². The van der Waals surface area contributed by atoms with Gasteiger partial charge in [0.15, 0.2) is 11.4 Å². The second-order valence-corrected chi connectivity index (χ2v) is 9.48. The number of benzene rings is 2. The quantitative estimate of drug-likeness (QED) is 0.313. The Bertz CT molecular complexity index is 1650. The normalized spacial score (nSPS) is 11.8. The summed E-state index contributed by atoms with van der Waals surface area (Å²) >= 11 is 5.61. The molecule has 0 aliphatic rings. The average molecular weight is 501 g/mol. The first-order valence-corrected chi connectivity index (χ1v) is 11.8. The van der Waals surface area contributed by atoms with Crippen LogP contribution in [0.2, 0.25) is 5.02 Å². The first-order valence-electron chi connectivity index (χ1n) is 9.91. The molecule has 5 aromatic rings. The number of imidazole rings is 1. The minimum atomic E-state index is -4.33. The van der Waals surface area contributed by atoms with Gasteiger partial charge in [0.05, 0.1) is 16.9 Å². The molecule has 172 valence electrons. The standard InChI is InChI=1S/C23H15ClF2N4O3S/c1-13-2-8-21(33-13)20-12-27-23-9-7-19(28-30(20)23)14-3-5-15(6-4-14)29-34(31,32)22-10-16(24)17(25)11-18(22)26/h2-12,29H,1H3. The van der Waals surface area contributed by atoms with E-state index in [2.05, 4.69) is 14.8 Å². The Morgan fingerprint density at radius 2 is 1.76 bits per heavy atom. The maximum atomic E-state index is 14.0. The lowest BCUT2D eigenvalue weighted by Crippen LogP contribution is -2.15. The Kier molecular flexibility index (Phi) is 5.34. The number of sulfonamides is 1. The van der Waals surface area contributed by atoms with Gasteiger partial charge in [-0.3, -0.25) is 4.72 Å². The number of aromatic nitrogens is 3. The van der Waals surface area contributed by atoms with Gasteiger partial charge in [-0.05, 0) is 49.4 Å². The molecule has 0 radical (unpaired) electrons. The van der Waals surface area contributed by atoms with Gasteiger partial charge in [-0.1, -0.05) is 23.7 Å². The van der Waals surface area contributed by atoms with Crippen molar-refractivity contribution in [3.8, 4) is 22.7 Å². The van der Waals surface area contributed by atoms with E-state index in [0.717, 1.165) is 11.8 Å². The molecule has 0 saturated carbocycles. The molecular weight excluding hydrogens is 486 g/mol. The number of halogens is 3. The topological polar surface area (TPSA) is 89.5 Å². The zero-order valence-electron chi connectivity index (χ0n) is 17.5. The lowest BCUT2D eigenvalue weighted by atomic mass is 10.1. The summed E-state index contributed by atoms with van der Waals surface area (Å²) in [4.78, 5) is 3.59. The predicted molar refractivity (Wildman–Crippen MR) is 123 cm³/mol. The van der Waals surface area contributed by atoms with Crippen LogP contribution in [0.15, 0.2) is 76.2 Å². The zero-order valence-corrected chi connectivity index (χ0v) is 19.0. The molecule has 0 atom stereocenters. The Morgan fingerprint density at radius 1 is 1.00 bits per heavy atom. The number of nitrogens with zero attached hydrogens (tertiary/aromatic N) is 3. The van der Waals surface area contributed by atoms with E-state index in [9.17, 15) is 17.2 Å². The van der Waals surface area contributed by atoms with Crippen molar-refractivity contribution in [1.82, 2.24) is 14.6 Å². The number of fused-ring (bicyclic) bond motifs is 1. The third-order valence-electron chi connectivity index (χ3n) is 5.05. The van der Waals surface area contributed by atoms with E-state index in [1.54, 1.807) is 35.0 Å². The van der Waals surface area contributed by atoms with Crippen LogP contribution in [0.4, 0.5) is 14.5 Å². The summed E-state index contributed by atoms with van der Waals surface area (Å²) in [6.45, 7) is 1.85. The predicted octanol–water partition coefficient (Wildman–Crippen LogP) is 5.70. The lowest BCUT2D eigenvalue weighted by molar-refractivity contribution is 0.544. The van der Waals surface area contributed by atoms with Crippen LogP contribution in [0.1, 0.15) is 5.76 Å². The highest BCUT2D eigenvalue weighted by atomic mass is 35.5. The van der Waals surface area contributed by atoms with E-state index in [-0.39, 0.29) is 5.69 Å². The van der Waals surface area contributed by atoms with Crippen LogP contribution in [-0.2, 0) is 10.0 Å². The summed E-state index contributed by atoms with van der Waals surface area (Å²) < 4.78 is 62.1. The fourth-order valence-electron chi connectivity index (χ4n) is 3.40. The molecule has 3 aromatic heterocycles. The van der Waals surface area contributed by atoms with Gasteiger partial charge in [0.1, 0.15) is 28.0 Å². The highest BCUT2D eigenvalue weighted by molar-refractivity contribution is 7.92. The van der Waals surface area contributed by atoms with E-state index < -0.39 is 31.6 Å². The molecule has 11 heteroatoms. The highest BCUT2D eigenvalue weighted by Gasteiger charge is 2.22. The number of furan rings is 1. The number of hydrogen-bond acceptors (Lipinski definition) is 5. The van der Waals surface area contributed by atoms with Crippen molar-refractivity contribution in [3.05, 3.63) is 89.3 Å². The third-order valence-corrected chi connectivity index (χ3v) is 6.74. The summed E-state index contributed by atoms with van der Waals surface area (Å²) in [5.41, 5.74) is 2.82. The van der Waals surface area contributed by atoms with Gasteiger partial charge in [-0.25, -0.2) is 26.7 Å². The Labute approximate surface area is 197 Å². The van der Waals surface area contributed by atoms with E-state index in [0.29, 0.717) is 34.4 Å². The molecule has 0 fully saturated rings. The lowest BCUT2D eigenvalue weighted by Gasteiger charge is -2.10. The molecule has 0 unspecified atom stereocenters. The van der Waals surface area contributed by atoms with Crippen molar-refractivity contribution in [2.24, 2.45) is 0 Å². The van der Waals surface area contributed by atoms with Crippen LogP contribution >= 0.6 is 11.6 Å². The van der Waals surface area contributed by atoms with Crippen LogP contribution in [0, 0.1) is 18.6 Å². The smallest absolute Gasteiger partial charge is 0.264 e. The Morgan fingerprint density at radius 3 is 2.47 bits per heavy atom. The van der Waals surface area contributed by atoms with Gasteiger partial charge in [0.25, 0.3) is 10.0 Å². The molecule has 5 rings (SSSR count). The third kappa shape index (κ3) is 4.02. The fourth-order valence-corrected chi connectivity index (χ4v) is 4.77. The van der Waals surface area contributed by atoms with Gasteiger partial charge < -0.3 is 4.42 Å². The number of rotatable bonds is 5. The van der Waals surface area contributed by atoms with Crippen LogP contribution < -0.4 is 4.72 Å². The Balaban J connectivity index is 1.44. The van der Waals surface area contributed by atoms with Crippen LogP contribution in [0.5, 0.6) is 0 Å². The fraction of sp³-hybridized carbons (Fsp3) is 0.0435. The Hall–Kier alpha value is -3.76. The van der Waals surface area contributed by atoms with E-state index in [1.807, 2.05) is 19.1 Å². The molecule has 0 aliphatic heterocycles. The highest BCUT2D eigenvalue weighted by Crippen LogP contribution is 2.27. The first-order chi connectivity index (χ1) is 16.2. The van der Waals surface area contributed by atoms with Gasteiger partial charge in [0, 0.05) is 17.3 Å². The molecule has 0 spiro atoms. The van der Waals surface area contributed by atoms with Crippen molar-refractivity contribution in [3.63, 3.8) is 0 Å². The molecule has 7 nitrogen and oxygen atoms in total. The van der Waals surface area contributed by atoms with E-state index in [1.165, 1.54) is 12.1 Å². The van der Waals surface area contributed by atoms with Crippen LogP contribution in [-0.4, -0.2) is 23.0 Å². The minimum absolute atomic E-state index is 0.180. The number of aryl methyl sites for hydroxylation is 1. The molecule has 0 saturated heterocycles. The zero-order chi connectivity index (χ0) is 24.0. The van der Waals surface area contributed by atoms with Crippen LogP contribution in [0.3, 0.4) is 0 Å². The van der Waals surface area contributed by atoms with Crippen molar-refractivity contribution >= 4 is 33.0 Å². The molecule has 3 heterocycles. The SMILES string of the molecule is Cc1ccc(-c2cnc3ccc(-c4ccc(NS(=O)(=O)c5cc(Cl)c(F)cc5F)cc4)nn23)o1. The van der Waals surface area contributed by atoms with Gasteiger partial charge in [-0.15, -0.1) is 0 Å². The molecular formula is C23H15ClF2N4O3S. The largest absolute Gasteiger partial charge is 0.460 e. The number of hydrogen-bond donors (Lipinski definition) is 1. The van der Waals surface area contributed by atoms with Gasteiger partial charge in [0.2, 0.25) is 0 Å². The van der Waals surface area contributed by atoms with E-state index >= 15 is 0 Å². The van der Waals surface area contributed by atoms with Crippen molar-refractivity contribution in [2.45, 2.75) is 11.8 Å². The molecule has 0 amide bonds. The van der Waals surface area contributed by atoms with Gasteiger partial charge >= 0.3 is 0 Å². The molecule has 1 N–H and O–H groups in total. The van der Waals surface area contributed by atoms with Crippen molar-refractivity contribution in [2.75, 3.05) is 4.72 Å². The number of nitrogens with one attached hydrogen (secondary N) is 1. The maximum Gasteiger partial charge on any atom is 0.264 e. The summed E-state index contributed by atoms with van der Waals surface area (Å²) in [6, 6.07) is 14.8. The average Bonchev–Trinajstić information content (AvgIpc) is 3.41. The van der Waals surface area contributed by atoms with E-state index in [4.69, 9.17) is 16.0 Å². The second-order valence-electron chi connectivity index (χ2n) is 7.42. The summed E-state index contributed by atoms with van der Waals surface area (Å²) in [5, 5.41) is 4.13. The summed E-state index contributed by atoms with van der Waals surface area (Å²) in [5.74, 6) is -0.893. The maximum absolute atomic E-state index is 14.0. The first kappa shape index (κ1) is 22.1. The summed E-state index contributed by atoms with van der Waals surface area (Å²) in [6.07, 6.45) is 1.67. The number of anilines is 1. The van der Waals surface area contributed by atoms with Gasteiger partial charge in [-0.2, -0.15) is 5.10 Å². The molecule has 0 bridgehead atoms. The second kappa shape index (κ2) is 8.23. The summed E-state index contributed by atoms with van der Waals surface area (Å²) in [7, 11) is -4.33. The van der Waals surface area contributed by atoms with Crippen molar-refractivity contribution in [1.29, 1.82) is 0 Å². The molecule has 34 heavy (non-hydrogen) atoms. The molecule has 0 aliphatic carbocycles. The molecule has 2 aromatic carbocycles. The monoisotopic (exact) mass is 500 g/mol. The minimum Gasteiger partial charge on any atom is -0.460 e.